The predicted octanol–water partition coefficient (Wildman–Crippen LogP) is 1.48. The van der Waals surface area contributed by atoms with E-state index in [9.17, 15) is 18.0 Å². The Bertz CT molecular complexity index is 1100. The van der Waals surface area contributed by atoms with Gasteiger partial charge in [-0.05, 0) is 25.0 Å². The zero-order valence-corrected chi connectivity index (χ0v) is 18.6. The molecule has 31 heavy (non-hydrogen) atoms. The average molecular weight is 446 g/mol. The number of rotatable bonds is 3. The number of carbonyl (C=O) groups excluding carboxylic acids is 2. The van der Waals surface area contributed by atoms with Gasteiger partial charge in [0, 0.05) is 27.2 Å². The van der Waals surface area contributed by atoms with Crippen molar-refractivity contribution < 1.29 is 18.0 Å². The molecule has 0 spiro atoms. The first-order chi connectivity index (χ1) is 14.8. The summed E-state index contributed by atoms with van der Waals surface area (Å²) in [6.07, 6.45) is 5.59. The largest absolute Gasteiger partial charge is 0.348 e. The number of fused-ring (bicyclic) bond motifs is 3. The smallest absolute Gasteiger partial charge is 0.274 e. The SMILES string of the molecule is CN(C)C(=O)CN1Cc2c(C(=O)N3CCCCCC3)ncn2-c2ccccc2S1(=O)=O. The minimum Gasteiger partial charge on any atom is -0.348 e. The summed E-state index contributed by atoms with van der Waals surface area (Å²) in [5.41, 5.74) is 1.16. The Morgan fingerprint density at radius 3 is 2.42 bits per heavy atom. The fourth-order valence-electron chi connectivity index (χ4n) is 4.03. The van der Waals surface area contributed by atoms with Crippen molar-refractivity contribution in [3.05, 3.63) is 42.0 Å². The molecule has 0 unspecified atom stereocenters. The number of sulfonamides is 1. The molecule has 0 atom stereocenters. The van der Waals surface area contributed by atoms with Crippen molar-refractivity contribution in [2.45, 2.75) is 37.1 Å². The zero-order valence-electron chi connectivity index (χ0n) is 17.8. The van der Waals surface area contributed by atoms with Gasteiger partial charge >= 0.3 is 0 Å². The molecule has 1 saturated heterocycles. The summed E-state index contributed by atoms with van der Waals surface area (Å²) < 4.78 is 29.6. The van der Waals surface area contributed by atoms with Gasteiger partial charge in [0.25, 0.3) is 5.91 Å². The van der Waals surface area contributed by atoms with Gasteiger partial charge in [-0.1, -0.05) is 25.0 Å². The number of likely N-dealkylation sites (N-methyl/N-ethyl adjacent to an activating group) is 1. The van der Waals surface area contributed by atoms with Gasteiger partial charge < -0.3 is 9.80 Å². The second-order valence-corrected chi connectivity index (χ2v) is 10.1. The van der Waals surface area contributed by atoms with Crippen LogP contribution in [0.2, 0.25) is 0 Å². The summed E-state index contributed by atoms with van der Waals surface area (Å²) in [5.74, 6) is -0.527. The van der Waals surface area contributed by atoms with Crippen LogP contribution in [0, 0.1) is 0 Å². The van der Waals surface area contributed by atoms with Crippen LogP contribution in [0.15, 0.2) is 35.5 Å². The Morgan fingerprint density at radius 2 is 1.74 bits per heavy atom. The molecule has 1 aromatic heterocycles. The van der Waals surface area contributed by atoms with Crippen LogP contribution in [0.5, 0.6) is 0 Å². The molecule has 0 radical (unpaired) electrons. The number of amides is 2. The first kappa shape index (κ1) is 21.5. The fraction of sp³-hybridized carbons (Fsp3) is 0.476. The second kappa shape index (κ2) is 8.43. The first-order valence-corrected chi connectivity index (χ1v) is 11.9. The molecule has 4 rings (SSSR count). The minimum absolute atomic E-state index is 0.0893. The Morgan fingerprint density at radius 1 is 1.06 bits per heavy atom. The van der Waals surface area contributed by atoms with E-state index in [2.05, 4.69) is 4.98 Å². The maximum absolute atomic E-state index is 13.4. The predicted molar refractivity (Wildman–Crippen MR) is 114 cm³/mol. The molecule has 2 aliphatic rings. The van der Waals surface area contributed by atoms with Gasteiger partial charge in [-0.15, -0.1) is 0 Å². The van der Waals surface area contributed by atoms with Crippen LogP contribution in [-0.4, -0.2) is 77.6 Å². The normalized spacial score (nSPS) is 18.5. The van der Waals surface area contributed by atoms with E-state index in [-0.39, 0.29) is 35.5 Å². The number of benzene rings is 1. The third kappa shape index (κ3) is 3.97. The number of aromatic nitrogens is 2. The van der Waals surface area contributed by atoms with Gasteiger partial charge in [0.05, 0.1) is 24.5 Å². The van der Waals surface area contributed by atoms with Gasteiger partial charge in [-0.25, -0.2) is 13.4 Å². The number of carbonyl (C=O) groups is 2. The van der Waals surface area contributed by atoms with Gasteiger partial charge in [0.15, 0.2) is 5.69 Å². The quantitative estimate of drug-likeness (QED) is 0.713. The molecule has 0 aliphatic carbocycles. The van der Waals surface area contributed by atoms with E-state index in [1.807, 2.05) is 0 Å². The molecule has 166 valence electrons. The molecule has 0 N–H and O–H groups in total. The maximum atomic E-state index is 13.4. The van der Waals surface area contributed by atoms with Crippen molar-refractivity contribution in [1.29, 1.82) is 0 Å². The topological polar surface area (TPSA) is 95.8 Å². The summed E-state index contributed by atoms with van der Waals surface area (Å²) in [7, 11) is -0.781. The van der Waals surface area contributed by atoms with Crippen LogP contribution in [-0.2, 0) is 21.4 Å². The van der Waals surface area contributed by atoms with Crippen molar-refractivity contribution in [1.82, 2.24) is 23.7 Å². The highest BCUT2D eigenvalue weighted by Gasteiger charge is 2.36. The third-order valence-electron chi connectivity index (χ3n) is 5.84. The van der Waals surface area contributed by atoms with E-state index in [1.54, 1.807) is 41.8 Å². The van der Waals surface area contributed by atoms with E-state index < -0.39 is 10.0 Å². The molecule has 9 nitrogen and oxygen atoms in total. The van der Waals surface area contributed by atoms with Crippen LogP contribution in [0.3, 0.4) is 0 Å². The molecule has 1 fully saturated rings. The maximum Gasteiger partial charge on any atom is 0.274 e. The molecule has 2 aliphatic heterocycles. The fourth-order valence-corrected chi connectivity index (χ4v) is 5.57. The van der Waals surface area contributed by atoms with Crippen molar-refractivity contribution in [3.8, 4) is 5.69 Å². The van der Waals surface area contributed by atoms with Crippen LogP contribution >= 0.6 is 0 Å². The van der Waals surface area contributed by atoms with E-state index in [0.717, 1.165) is 30.0 Å². The lowest BCUT2D eigenvalue weighted by atomic mass is 10.2. The number of hydrogen-bond donors (Lipinski definition) is 0. The number of para-hydroxylation sites is 1. The Hall–Kier alpha value is -2.72. The molecule has 0 saturated carbocycles. The monoisotopic (exact) mass is 445 g/mol. The minimum atomic E-state index is -3.95. The molecule has 3 heterocycles. The zero-order chi connectivity index (χ0) is 22.2. The Kier molecular flexibility index (Phi) is 5.85. The average Bonchev–Trinajstić information content (AvgIpc) is 2.92. The highest BCUT2D eigenvalue weighted by atomic mass is 32.2. The summed E-state index contributed by atoms with van der Waals surface area (Å²) >= 11 is 0. The summed E-state index contributed by atoms with van der Waals surface area (Å²) in [6, 6.07) is 6.60. The number of imidazole rings is 1. The number of nitrogens with zero attached hydrogens (tertiary/aromatic N) is 5. The van der Waals surface area contributed by atoms with Crippen molar-refractivity contribution in [3.63, 3.8) is 0 Å². The summed E-state index contributed by atoms with van der Waals surface area (Å²) in [4.78, 5) is 33.4. The highest BCUT2D eigenvalue weighted by Crippen LogP contribution is 2.31. The number of hydrogen-bond acceptors (Lipinski definition) is 5. The number of likely N-dealkylation sites (tertiary alicyclic amines) is 1. The second-order valence-electron chi connectivity index (χ2n) is 8.15. The van der Waals surface area contributed by atoms with Crippen molar-refractivity contribution >= 4 is 21.8 Å². The Labute approximate surface area is 182 Å². The van der Waals surface area contributed by atoms with Gasteiger partial charge in [0.1, 0.15) is 11.2 Å². The van der Waals surface area contributed by atoms with E-state index >= 15 is 0 Å². The lowest BCUT2D eigenvalue weighted by Crippen LogP contribution is -2.40. The van der Waals surface area contributed by atoms with Crippen LogP contribution in [0.4, 0.5) is 0 Å². The molecule has 2 aromatic rings. The molecule has 1 aromatic carbocycles. The van der Waals surface area contributed by atoms with E-state index in [1.165, 1.54) is 17.3 Å². The van der Waals surface area contributed by atoms with E-state index in [4.69, 9.17) is 0 Å². The molecule has 10 heteroatoms. The Balaban J connectivity index is 1.80. The van der Waals surface area contributed by atoms with Crippen molar-refractivity contribution in [2.75, 3.05) is 33.7 Å². The van der Waals surface area contributed by atoms with E-state index in [0.29, 0.717) is 24.5 Å². The lowest BCUT2D eigenvalue weighted by Gasteiger charge is -2.23. The molecular formula is C21H27N5O4S. The van der Waals surface area contributed by atoms with Crippen LogP contribution < -0.4 is 0 Å². The lowest BCUT2D eigenvalue weighted by molar-refractivity contribution is -0.128. The molecular weight excluding hydrogens is 418 g/mol. The van der Waals surface area contributed by atoms with Crippen LogP contribution in [0.1, 0.15) is 41.9 Å². The van der Waals surface area contributed by atoms with Crippen LogP contribution in [0.25, 0.3) is 5.69 Å². The summed E-state index contributed by atoms with van der Waals surface area (Å²) in [6.45, 7) is 0.920. The van der Waals surface area contributed by atoms with Gasteiger partial charge in [-0.2, -0.15) is 4.31 Å². The van der Waals surface area contributed by atoms with Gasteiger partial charge in [0.2, 0.25) is 15.9 Å². The third-order valence-corrected chi connectivity index (χ3v) is 7.68. The summed E-state index contributed by atoms with van der Waals surface area (Å²) in [5, 5.41) is 0. The van der Waals surface area contributed by atoms with Crippen molar-refractivity contribution in [2.24, 2.45) is 0 Å². The molecule has 0 bridgehead atoms. The molecule has 2 amide bonds. The van der Waals surface area contributed by atoms with Gasteiger partial charge in [-0.3, -0.25) is 14.2 Å². The standard InChI is InChI=1S/C21H27N5O4S/c1-23(2)19(27)14-25-13-17-20(21(28)24-11-7-3-4-8-12-24)22-15-26(17)16-9-5-6-10-18(16)31(25,29)30/h5-6,9-10,15H,3-4,7-8,11-14H2,1-2H3. The highest BCUT2D eigenvalue weighted by molar-refractivity contribution is 7.89. The first-order valence-electron chi connectivity index (χ1n) is 10.5.